The van der Waals surface area contributed by atoms with Crippen molar-refractivity contribution in [1.82, 2.24) is 15.2 Å². The fourth-order valence-corrected chi connectivity index (χ4v) is 4.22. The molecule has 0 saturated carbocycles. The summed E-state index contributed by atoms with van der Waals surface area (Å²) in [6.45, 7) is 2.53. The zero-order chi connectivity index (χ0) is 18.2. The zero-order valence-corrected chi connectivity index (χ0v) is 16.3. The molecule has 2 heterocycles. The van der Waals surface area contributed by atoms with Crippen LogP contribution in [-0.2, 0) is 17.1 Å². The number of nitrogens with zero attached hydrogens (tertiary/aromatic N) is 2. The molecule has 2 aromatic rings. The summed E-state index contributed by atoms with van der Waals surface area (Å²) in [5.41, 5.74) is 2.42. The predicted molar refractivity (Wildman–Crippen MR) is 108 cm³/mol. The molecule has 1 fully saturated rings. The van der Waals surface area contributed by atoms with Crippen molar-refractivity contribution in [3.8, 4) is 0 Å². The van der Waals surface area contributed by atoms with Crippen LogP contribution in [0.2, 0.25) is 5.15 Å². The number of amides is 1. The number of hydrogen-bond donors (Lipinski definition) is 1. The van der Waals surface area contributed by atoms with E-state index in [9.17, 15) is 4.79 Å². The first-order valence-corrected chi connectivity index (χ1v) is 10.5. The Morgan fingerprint density at radius 1 is 1.27 bits per heavy atom. The van der Waals surface area contributed by atoms with Gasteiger partial charge in [0, 0.05) is 30.8 Å². The monoisotopic (exact) mass is 389 g/mol. The fourth-order valence-electron chi connectivity index (χ4n) is 3.22. The highest BCUT2D eigenvalue weighted by molar-refractivity contribution is 7.98. The molecule has 0 radical (unpaired) electrons. The predicted octanol–water partition coefficient (Wildman–Crippen LogP) is 3.75. The van der Waals surface area contributed by atoms with Gasteiger partial charge in [0.05, 0.1) is 6.04 Å². The van der Waals surface area contributed by atoms with Crippen LogP contribution in [0.5, 0.6) is 0 Å². The maximum absolute atomic E-state index is 12.5. The first kappa shape index (κ1) is 19.2. The van der Waals surface area contributed by atoms with Gasteiger partial charge in [0.15, 0.2) is 0 Å². The van der Waals surface area contributed by atoms with Gasteiger partial charge >= 0.3 is 0 Å². The van der Waals surface area contributed by atoms with Crippen molar-refractivity contribution < 1.29 is 4.79 Å². The van der Waals surface area contributed by atoms with Crippen LogP contribution in [0.15, 0.2) is 48.7 Å². The number of halogens is 1. The van der Waals surface area contributed by atoms with Crippen molar-refractivity contribution in [1.29, 1.82) is 0 Å². The van der Waals surface area contributed by atoms with Gasteiger partial charge in [-0.25, -0.2) is 4.98 Å². The fraction of sp³-hybridized carbons (Fsp3) is 0.400. The molecule has 1 N–H and O–H groups in total. The molecule has 3 rings (SSSR count). The van der Waals surface area contributed by atoms with Gasteiger partial charge in [-0.3, -0.25) is 9.69 Å². The number of benzene rings is 1. The minimum atomic E-state index is -0.000731. The Kier molecular flexibility index (Phi) is 7.35. The highest BCUT2D eigenvalue weighted by Crippen LogP contribution is 2.20. The van der Waals surface area contributed by atoms with Crippen LogP contribution >= 0.6 is 23.4 Å². The molecule has 1 aliphatic heterocycles. The Hall–Kier alpha value is -1.56. The Morgan fingerprint density at radius 3 is 2.92 bits per heavy atom. The molecule has 0 unspecified atom stereocenters. The van der Waals surface area contributed by atoms with Gasteiger partial charge in [-0.05, 0) is 42.6 Å². The summed E-state index contributed by atoms with van der Waals surface area (Å²) >= 11 is 7.68. The van der Waals surface area contributed by atoms with Crippen molar-refractivity contribution in [2.45, 2.75) is 31.2 Å². The number of rotatable bonds is 8. The lowest BCUT2D eigenvalue weighted by atomic mass is 10.1. The second-order valence-corrected chi connectivity index (χ2v) is 7.94. The largest absolute Gasteiger partial charge is 0.354 e. The van der Waals surface area contributed by atoms with E-state index in [0.717, 1.165) is 43.0 Å². The number of pyridine rings is 1. The van der Waals surface area contributed by atoms with E-state index in [-0.39, 0.29) is 11.9 Å². The summed E-state index contributed by atoms with van der Waals surface area (Å²) in [4.78, 5) is 18.8. The van der Waals surface area contributed by atoms with Gasteiger partial charge in [0.25, 0.3) is 0 Å². The summed E-state index contributed by atoms with van der Waals surface area (Å²) in [7, 11) is 0. The van der Waals surface area contributed by atoms with Crippen molar-refractivity contribution in [2.75, 3.05) is 18.8 Å². The molecule has 0 spiro atoms. The second kappa shape index (κ2) is 9.95. The summed E-state index contributed by atoms with van der Waals surface area (Å²) in [5.74, 6) is 1.92. The van der Waals surface area contributed by atoms with Crippen molar-refractivity contribution >= 4 is 29.3 Å². The summed E-state index contributed by atoms with van der Waals surface area (Å²) in [6, 6.07) is 14.2. The smallest absolute Gasteiger partial charge is 0.237 e. The van der Waals surface area contributed by atoms with E-state index in [1.165, 1.54) is 5.56 Å². The first-order valence-electron chi connectivity index (χ1n) is 8.96. The third kappa shape index (κ3) is 5.73. The maximum atomic E-state index is 12.5. The minimum Gasteiger partial charge on any atom is -0.354 e. The molecular weight excluding hydrogens is 366 g/mol. The van der Waals surface area contributed by atoms with E-state index in [0.29, 0.717) is 11.7 Å². The van der Waals surface area contributed by atoms with Crippen molar-refractivity contribution in [3.63, 3.8) is 0 Å². The molecule has 1 atom stereocenters. The number of hydrogen-bond acceptors (Lipinski definition) is 4. The maximum Gasteiger partial charge on any atom is 0.237 e. The topological polar surface area (TPSA) is 45.2 Å². The SMILES string of the molecule is O=C(NCCSCc1ccnc(Cl)c1)[C@@H]1CCCN1Cc1ccccc1. The Morgan fingerprint density at radius 2 is 2.12 bits per heavy atom. The van der Waals surface area contributed by atoms with Crippen LogP contribution in [0, 0.1) is 0 Å². The zero-order valence-electron chi connectivity index (χ0n) is 14.7. The molecule has 1 saturated heterocycles. The normalized spacial score (nSPS) is 17.3. The average Bonchev–Trinajstić information content (AvgIpc) is 3.10. The van der Waals surface area contributed by atoms with E-state index in [1.807, 2.05) is 30.3 Å². The van der Waals surface area contributed by atoms with Gasteiger partial charge in [-0.15, -0.1) is 0 Å². The lowest BCUT2D eigenvalue weighted by Gasteiger charge is -2.23. The van der Waals surface area contributed by atoms with E-state index in [1.54, 1.807) is 18.0 Å². The summed E-state index contributed by atoms with van der Waals surface area (Å²) in [5, 5.41) is 3.62. The molecule has 138 valence electrons. The van der Waals surface area contributed by atoms with Crippen LogP contribution in [0.25, 0.3) is 0 Å². The third-order valence-electron chi connectivity index (χ3n) is 4.50. The van der Waals surface area contributed by atoms with E-state index in [4.69, 9.17) is 11.6 Å². The number of carbonyl (C=O) groups excluding carboxylic acids is 1. The molecule has 26 heavy (non-hydrogen) atoms. The van der Waals surface area contributed by atoms with Crippen LogP contribution in [0.1, 0.15) is 24.0 Å². The Bertz CT molecular complexity index is 713. The first-order chi connectivity index (χ1) is 12.7. The lowest BCUT2D eigenvalue weighted by Crippen LogP contribution is -2.43. The molecular formula is C20H24ClN3OS. The third-order valence-corrected chi connectivity index (χ3v) is 5.74. The highest BCUT2D eigenvalue weighted by atomic mass is 35.5. The van der Waals surface area contributed by atoms with Gasteiger partial charge in [0.1, 0.15) is 5.15 Å². The standard InChI is InChI=1S/C20H24ClN3OS/c21-19-13-17(8-9-22-19)15-26-12-10-23-20(25)18-7-4-11-24(18)14-16-5-2-1-3-6-16/h1-3,5-6,8-9,13,18H,4,7,10-12,14-15H2,(H,23,25)/t18-/m0/s1. The summed E-state index contributed by atoms with van der Waals surface area (Å²) < 4.78 is 0. The minimum absolute atomic E-state index is 0.000731. The highest BCUT2D eigenvalue weighted by Gasteiger charge is 2.30. The quantitative estimate of drug-likeness (QED) is 0.551. The number of thioether (sulfide) groups is 1. The molecule has 1 amide bonds. The van der Waals surface area contributed by atoms with Crippen LogP contribution in [-0.4, -0.2) is 40.7 Å². The summed E-state index contributed by atoms with van der Waals surface area (Å²) in [6.07, 6.45) is 3.76. The van der Waals surface area contributed by atoms with E-state index in [2.05, 4.69) is 27.3 Å². The second-order valence-electron chi connectivity index (χ2n) is 6.44. The molecule has 4 nitrogen and oxygen atoms in total. The van der Waals surface area contributed by atoms with Gasteiger partial charge in [-0.1, -0.05) is 41.9 Å². The number of carbonyl (C=O) groups is 1. The van der Waals surface area contributed by atoms with E-state index < -0.39 is 0 Å². The number of aromatic nitrogens is 1. The average molecular weight is 390 g/mol. The molecule has 0 aliphatic carbocycles. The molecule has 1 aromatic heterocycles. The molecule has 0 bridgehead atoms. The van der Waals surface area contributed by atoms with Gasteiger partial charge < -0.3 is 5.32 Å². The van der Waals surface area contributed by atoms with Gasteiger partial charge in [-0.2, -0.15) is 11.8 Å². The number of nitrogens with one attached hydrogen (secondary N) is 1. The van der Waals surface area contributed by atoms with Crippen LogP contribution in [0.3, 0.4) is 0 Å². The Labute approximate surface area is 164 Å². The molecule has 1 aliphatic rings. The van der Waals surface area contributed by atoms with E-state index >= 15 is 0 Å². The van der Waals surface area contributed by atoms with Crippen molar-refractivity contribution in [3.05, 3.63) is 64.9 Å². The van der Waals surface area contributed by atoms with Gasteiger partial charge in [0.2, 0.25) is 5.91 Å². The Balaban J connectivity index is 1.38. The molecule has 6 heteroatoms. The lowest BCUT2D eigenvalue weighted by molar-refractivity contribution is -0.125. The number of likely N-dealkylation sites (tertiary alicyclic amines) is 1. The van der Waals surface area contributed by atoms with Crippen LogP contribution in [0.4, 0.5) is 0 Å². The molecule has 1 aromatic carbocycles. The van der Waals surface area contributed by atoms with Crippen molar-refractivity contribution in [2.24, 2.45) is 0 Å². The van der Waals surface area contributed by atoms with Crippen LogP contribution < -0.4 is 5.32 Å².